The largest absolute Gasteiger partial charge is 0.345 e. The van der Waals surface area contributed by atoms with E-state index in [2.05, 4.69) is 10.6 Å². The highest BCUT2D eigenvalue weighted by atomic mass is 32.2. The predicted molar refractivity (Wildman–Crippen MR) is 131 cm³/mol. The van der Waals surface area contributed by atoms with Gasteiger partial charge in [0.1, 0.15) is 0 Å². The van der Waals surface area contributed by atoms with Crippen molar-refractivity contribution < 1.29 is 18.0 Å². The summed E-state index contributed by atoms with van der Waals surface area (Å²) in [5.74, 6) is -0.704. The fourth-order valence-corrected chi connectivity index (χ4v) is 4.45. The van der Waals surface area contributed by atoms with Crippen LogP contribution in [-0.2, 0) is 10.0 Å². The van der Waals surface area contributed by atoms with Crippen LogP contribution in [0, 0.1) is 0 Å². The molecule has 3 aromatic carbocycles. The first-order valence-corrected chi connectivity index (χ1v) is 12.4. The molecule has 0 aromatic heterocycles. The molecule has 7 nitrogen and oxygen atoms in total. The monoisotopic (exact) mass is 465 g/mol. The summed E-state index contributed by atoms with van der Waals surface area (Å²) in [6.45, 7) is 3.92. The molecule has 172 valence electrons. The molecule has 0 saturated carbocycles. The van der Waals surface area contributed by atoms with Crippen LogP contribution in [0.5, 0.6) is 0 Å². The van der Waals surface area contributed by atoms with Gasteiger partial charge >= 0.3 is 0 Å². The number of carbonyl (C=O) groups is 2. The van der Waals surface area contributed by atoms with E-state index < -0.39 is 15.9 Å². The van der Waals surface area contributed by atoms with E-state index >= 15 is 0 Å². The van der Waals surface area contributed by atoms with Crippen LogP contribution in [0.3, 0.4) is 0 Å². The molecule has 0 aliphatic carbocycles. The average molecular weight is 466 g/mol. The number of hydrogen-bond acceptors (Lipinski definition) is 4. The molecule has 0 aliphatic heterocycles. The maximum atomic E-state index is 12.9. The van der Waals surface area contributed by atoms with Crippen LogP contribution in [0.2, 0.25) is 0 Å². The van der Waals surface area contributed by atoms with Crippen molar-refractivity contribution in [2.24, 2.45) is 0 Å². The fourth-order valence-electron chi connectivity index (χ4n) is 3.47. The lowest BCUT2D eigenvalue weighted by atomic mass is 10.1. The third kappa shape index (κ3) is 5.98. The number of amides is 2. The summed E-state index contributed by atoms with van der Waals surface area (Å²) in [6, 6.07) is 22.5. The fraction of sp³-hybridized carbons (Fsp3) is 0.200. The molecule has 2 N–H and O–H groups in total. The molecule has 33 heavy (non-hydrogen) atoms. The first-order valence-electron chi connectivity index (χ1n) is 10.5. The van der Waals surface area contributed by atoms with Crippen molar-refractivity contribution in [3.8, 4) is 0 Å². The standard InChI is InChI=1S/C25H27N3O4S/c1-4-28(33(3,31)32)21-16-14-20(15-17-21)24(29)27-23-13-9-8-12-22(23)25(30)26-18(2)19-10-6-5-7-11-19/h5-18H,4H2,1-3H3,(H,26,30)(H,27,29)/t18-/m0/s1. The second kappa shape index (κ2) is 10.3. The molecular weight excluding hydrogens is 438 g/mol. The zero-order valence-electron chi connectivity index (χ0n) is 18.8. The van der Waals surface area contributed by atoms with Crippen LogP contribution in [0.25, 0.3) is 0 Å². The van der Waals surface area contributed by atoms with Gasteiger partial charge < -0.3 is 10.6 Å². The van der Waals surface area contributed by atoms with E-state index in [1.165, 1.54) is 4.31 Å². The molecule has 0 spiro atoms. The number of nitrogens with one attached hydrogen (secondary N) is 2. The van der Waals surface area contributed by atoms with E-state index in [-0.39, 0.29) is 18.5 Å². The summed E-state index contributed by atoms with van der Waals surface area (Å²) in [5, 5.41) is 5.74. The van der Waals surface area contributed by atoms with Crippen molar-refractivity contribution in [1.82, 2.24) is 5.32 Å². The molecule has 0 saturated heterocycles. The Bertz CT molecular complexity index is 1230. The Morgan fingerprint density at radius 3 is 2.09 bits per heavy atom. The predicted octanol–water partition coefficient (Wildman–Crippen LogP) is 4.22. The van der Waals surface area contributed by atoms with Gasteiger partial charge in [-0.25, -0.2) is 8.42 Å². The van der Waals surface area contributed by atoms with Crippen molar-refractivity contribution in [1.29, 1.82) is 0 Å². The van der Waals surface area contributed by atoms with Crippen molar-refractivity contribution in [3.05, 3.63) is 95.6 Å². The number of hydrogen-bond donors (Lipinski definition) is 2. The highest BCUT2D eigenvalue weighted by molar-refractivity contribution is 7.92. The number of carbonyl (C=O) groups excluding carboxylic acids is 2. The van der Waals surface area contributed by atoms with E-state index in [4.69, 9.17) is 0 Å². The summed E-state index contributed by atoms with van der Waals surface area (Å²) in [5.41, 5.74) is 2.53. The Labute approximate surface area is 194 Å². The molecule has 0 heterocycles. The molecule has 8 heteroatoms. The minimum absolute atomic E-state index is 0.202. The first kappa shape index (κ1) is 24.0. The van der Waals surface area contributed by atoms with Gasteiger partial charge in [-0.2, -0.15) is 0 Å². The molecule has 2 amide bonds. The van der Waals surface area contributed by atoms with Gasteiger partial charge in [0.15, 0.2) is 0 Å². The molecular formula is C25H27N3O4S. The lowest BCUT2D eigenvalue weighted by Gasteiger charge is -2.20. The molecule has 1 atom stereocenters. The molecule has 0 unspecified atom stereocenters. The SMILES string of the molecule is CCN(c1ccc(C(=O)Nc2ccccc2C(=O)N[C@@H](C)c2ccccc2)cc1)S(C)(=O)=O. The second-order valence-electron chi connectivity index (χ2n) is 7.58. The Morgan fingerprint density at radius 2 is 1.48 bits per heavy atom. The minimum Gasteiger partial charge on any atom is -0.345 e. The smallest absolute Gasteiger partial charge is 0.255 e. The highest BCUT2D eigenvalue weighted by Crippen LogP contribution is 2.21. The quantitative estimate of drug-likeness (QED) is 0.521. The van der Waals surface area contributed by atoms with Gasteiger partial charge in [0, 0.05) is 12.1 Å². The van der Waals surface area contributed by atoms with Crippen LogP contribution in [0.1, 0.15) is 46.2 Å². The third-order valence-electron chi connectivity index (χ3n) is 5.17. The van der Waals surface area contributed by atoms with E-state index in [1.54, 1.807) is 55.5 Å². The summed E-state index contributed by atoms with van der Waals surface area (Å²) in [7, 11) is -3.41. The number of benzene rings is 3. The Balaban J connectivity index is 1.75. The van der Waals surface area contributed by atoms with Crippen LogP contribution < -0.4 is 14.9 Å². The van der Waals surface area contributed by atoms with E-state index in [0.29, 0.717) is 22.5 Å². The van der Waals surface area contributed by atoms with Gasteiger partial charge in [0.05, 0.1) is 29.2 Å². The minimum atomic E-state index is -3.41. The molecule has 3 rings (SSSR count). The van der Waals surface area contributed by atoms with Gasteiger partial charge in [-0.1, -0.05) is 42.5 Å². The van der Waals surface area contributed by atoms with Gasteiger partial charge in [-0.05, 0) is 55.8 Å². The summed E-state index contributed by atoms with van der Waals surface area (Å²) >= 11 is 0. The van der Waals surface area contributed by atoms with Crippen molar-refractivity contribution in [3.63, 3.8) is 0 Å². The lowest BCUT2D eigenvalue weighted by Crippen LogP contribution is -2.29. The first-order chi connectivity index (χ1) is 15.7. The third-order valence-corrected chi connectivity index (χ3v) is 6.44. The molecule has 0 aliphatic rings. The van der Waals surface area contributed by atoms with Gasteiger partial charge in [0.25, 0.3) is 11.8 Å². The van der Waals surface area contributed by atoms with Gasteiger partial charge in [-0.15, -0.1) is 0 Å². The van der Waals surface area contributed by atoms with Crippen molar-refractivity contribution >= 4 is 33.2 Å². The molecule has 3 aromatic rings. The Kier molecular flexibility index (Phi) is 7.50. The highest BCUT2D eigenvalue weighted by Gasteiger charge is 2.18. The van der Waals surface area contributed by atoms with E-state index in [9.17, 15) is 18.0 Å². The summed E-state index contributed by atoms with van der Waals surface area (Å²) < 4.78 is 25.1. The normalized spacial score (nSPS) is 12.0. The van der Waals surface area contributed by atoms with Crippen LogP contribution in [-0.4, -0.2) is 33.0 Å². The average Bonchev–Trinajstić information content (AvgIpc) is 2.80. The summed E-state index contributed by atoms with van der Waals surface area (Å²) in [4.78, 5) is 25.7. The number of anilines is 2. The maximum Gasteiger partial charge on any atom is 0.255 e. The van der Waals surface area contributed by atoms with Crippen LogP contribution >= 0.6 is 0 Å². The second-order valence-corrected chi connectivity index (χ2v) is 9.49. The number of rotatable bonds is 8. The summed E-state index contributed by atoms with van der Waals surface area (Å²) in [6.07, 6.45) is 1.14. The van der Waals surface area contributed by atoms with Crippen LogP contribution in [0.4, 0.5) is 11.4 Å². The zero-order valence-corrected chi connectivity index (χ0v) is 19.6. The Hall–Kier alpha value is -3.65. The molecule has 0 fully saturated rings. The lowest BCUT2D eigenvalue weighted by molar-refractivity contribution is 0.0940. The number of para-hydroxylation sites is 1. The van der Waals surface area contributed by atoms with Gasteiger partial charge in [-0.3, -0.25) is 13.9 Å². The van der Waals surface area contributed by atoms with Crippen molar-refractivity contribution in [2.45, 2.75) is 19.9 Å². The maximum absolute atomic E-state index is 12.9. The molecule has 0 radical (unpaired) electrons. The Morgan fingerprint density at radius 1 is 0.879 bits per heavy atom. The van der Waals surface area contributed by atoms with Crippen LogP contribution in [0.15, 0.2) is 78.9 Å². The zero-order chi connectivity index (χ0) is 24.0. The van der Waals surface area contributed by atoms with Gasteiger partial charge in [0.2, 0.25) is 10.0 Å². The number of sulfonamides is 1. The van der Waals surface area contributed by atoms with E-state index in [0.717, 1.165) is 11.8 Å². The number of nitrogens with zero attached hydrogens (tertiary/aromatic N) is 1. The molecule has 0 bridgehead atoms. The van der Waals surface area contributed by atoms with E-state index in [1.807, 2.05) is 37.3 Å². The van der Waals surface area contributed by atoms with Crippen molar-refractivity contribution in [2.75, 3.05) is 22.4 Å². The topological polar surface area (TPSA) is 95.6 Å².